The molecule has 1 saturated heterocycles. The maximum absolute atomic E-state index is 4.49. The molecule has 0 radical (unpaired) electrons. The Bertz CT molecular complexity index is 437. The Labute approximate surface area is 116 Å². The van der Waals surface area contributed by atoms with Crippen molar-refractivity contribution in [2.45, 2.75) is 77.4 Å². The standard InChI is InChI=1S/C15H26N4/c1-11(2)18-8-5-7-13(18)10-14-16-17-15-12(3)6-4-9-19(14)15/h11-13H,4-10H2,1-3H3. The van der Waals surface area contributed by atoms with Gasteiger partial charge in [-0.25, -0.2) is 0 Å². The molecule has 1 fully saturated rings. The zero-order valence-corrected chi connectivity index (χ0v) is 12.5. The normalized spacial score (nSPS) is 28.0. The summed E-state index contributed by atoms with van der Waals surface area (Å²) in [5.41, 5.74) is 0. The largest absolute Gasteiger partial charge is 0.315 e. The van der Waals surface area contributed by atoms with Crippen LogP contribution in [0.1, 0.15) is 64.0 Å². The van der Waals surface area contributed by atoms with Crippen LogP contribution < -0.4 is 0 Å². The molecule has 2 aliphatic rings. The number of hydrogen-bond acceptors (Lipinski definition) is 3. The van der Waals surface area contributed by atoms with Crippen LogP contribution in [0.2, 0.25) is 0 Å². The van der Waals surface area contributed by atoms with Gasteiger partial charge in [0.2, 0.25) is 0 Å². The lowest BCUT2D eigenvalue weighted by atomic mass is 10.0. The van der Waals surface area contributed by atoms with Crippen molar-refractivity contribution in [3.63, 3.8) is 0 Å². The molecule has 4 heteroatoms. The second-order valence-corrected chi connectivity index (χ2v) is 6.50. The number of likely N-dealkylation sites (tertiary alicyclic amines) is 1. The van der Waals surface area contributed by atoms with Crippen molar-refractivity contribution in [1.29, 1.82) is 0 Å². The molecule has 3 heterocycles. The lowest BCUT2D eigenvalue weighted by molar-refractivity contribution is 0.199. The molecule has 106 valence electrons. The molecule has 0 bridgehead atoms. The zero-order valence-electron chi connectivity index (χ0n) is 12.5. The van der Waals surface area contributed by atoms with Crippen molar-refractivity contribution >= 4 is 0 Å². The Balaban J connectivity index is 1.77. The van der Waals surface area contributed by atoms with Gasteiger partial charge < -0.3 is 4.57 Å². The highest BCUT2D eigenvalue weighted by Crippen LogP contribution is 2.28. The molecule has 1 aromatic rings. The van der Waals surface area contributed by atoms with Crippen LogP contribution in [0.25, 0.3) is 0 Å². The van der Waals surface area contributed by atoms with Crippen LogP contribution in [-0.4, -0.2) is 38.3 Å². The maximum atomic E-state index is 4.49. The summed E-state index contributed by atoms with van der Waals surface area (Å²) in [6.45, 7) is 9.26. The Morgan fingerprint density at radius 1 is 1.16 bits per heavy atom. The Hall–Kier alpha value is -0.900. The van der Waals surface area contributed by atoms with E-state index in [1.807, 2.05) is 0 Å². The third-order valence-electron chi connectivity index (χ3n) is 4.82. The van der Waals surface area contributed by atoms with Gasteiger partial charge in [0.15, 0.2) is 0 Å². The molecule has 3 rings (SSSR count). The average Bonchev–Trinajstić information content (AvgIpc) is 2.98. The second kappa shape index (κ2) is 5.23. The minimum absolute atomic E-state index is 0.583. The first kappa shape index (κ1) is 13.1. The summed E-state index contributed by atoms with van der Waals surface area (Å²) < 4.78 is 2.39. The summed E-state index contributed by atoms with van der Waals surface area (Å²) >= 11 is 0. The van der Waals surface area contributed by atoms with E-state index in [-0.39, 0.29) is 0 Å². The van der Waals surface area contributed by atoms with E-state index < -0.39 is 0 Å². The fourth-order valence-corrected chi connectivity index (χ4v) is 3.76. The summed E-state index contributed by atoms with van der Waals surface area (Å²) in [5, 5.41) is 8.94. The van der Waals surface area contributed by atoms with Crippen LogP contribution in [0.15, 0.2) is 0 Å². The number of aromatic nitrogens is 3. The van der Waals surface area contributed by atoms with Crippen LogP contribution in [0, 0.1) is 0 Å². The maximum Gasteiger partial charge on any atom is 0.135 e. The monoisotopic (exact) mass is 262 g/mol. The first-order valence-corrected chi connectivity index (χ1v) is 7.84. The van der Waals surface area contributed by atoms with Gasteiger partial charge in [-0.05, 0) is 46.1 Å². The first-order valence-electron chi connectivity index (χ1n) is 7.84. The SMILES string of the molecule is CC1CCCn2c(CC3CCCN3C(C)C)nnc21. The predicted octanol–water partition coefficient (Wildman–Crippen LogP) is 2.59. The summed E-state index contributed by atoms with van der Waals surface area (Å²) in [6.07, 6.45) is 6.27. The van der Waals surface area contributed by atoms with Crippen LogP contribution in [0.3, 0.4) is 0 Å². The fourth-order valence-electron chi connectivity index (χ4n) is 3.76. The summed E-state index contributed by atoms with van der Waals surface area (Å²) in [7, 11) is 0. The molecule has 2 unspecified atom stereocenters. The van der Waals surface area contributed by atoms with E-state index in [4.69, 9.17) is 0 Å². The molecule has 1 aromatic heterocycles. The van der Waals surface area contributed by atoms with Gasteiger partial charge in [0.1, 0.15) is 11.6 Å². The van der Waals surface area contributed by atoms with Gasteiger partial charge in [0.05, 0.1) is 0 Å². The van der Waals surface area contributed by atoms with Gasteiger partial charge in [-0.1, -0.05) is 6.92 Å². The molecule has 2 aliphatic heterocycles. The third kappa shape index (κ3) is 2.42. The van der Waals surface area contributed by atoms with E-state index in [9.17, 15) is 0 Å². The number of nitrogens with zero attached hydrogens (tertiary/aromatic N) is 4. The van der Waals surface area contributed by atoms with Crippen molar-refractivity contribution in [3.05, 3.63) is 11.6 Å². The smallest absolute Gasteiger partial charge is 0.135 e. The van der Waals surface area contributed by atoms with Gasteiger partial charge in [0, 0.05) is 31.0 Å². The highest BCUT2D eigenvalue weighted by Gasteiger charge is 2.29. The molecule has 0 aliphatic carbocycles. The van der Waals surface area contributed by atoms with Crippen molar-refractivity contribution in [2.24, 2.45) is 0 Å². The Kier molecular flexibility index (Phi) is 3.61. The van der Waals surface area contributed by atoms with Crippen molar-refractivity contribution < 1.29 is 0 Å². The predicted molar refractivity (Wildman–Crippen MR) is 76.2 cm³/mol. The molecular weight excluding hydrogens is 236 g/mol. The number of fused-ring (bicyclic) bond motifs is 1. The van der Waals surface area contributed by atoms with Crippen LogP contribution in [0.4, 0.5) is 0 Å². The second-order valence-electron chi connectivity index (χ2n) is 6.50. The summed E-state index contributed by atoms with van der Waals surface area (Å²) in [4.78, 5) is 2.63. The summed E-state index contributed by atoms with van der Waals surface area (Å²) in [6, 6.07) is 1.32. The third-order valence-corrected chi connectivity index (χ3v) is 4.82. The molecule has 19 heavy (non-hydrogen) atoms. The van der Waals surface area contributed by atoms with Gasteiger partial charge in [0.25, 0.3) is 0 Å². The van der Waals surface area contributed by atoms with E-state index in [0.29, 0.717) is 18.0 Å². The molecule has 0 aromatic carbocycles. The van der Waals surface area contributed by atoms with Gasteiger partial charge >= 0.3 is 0 Å². The molecule has 4 nitrogen and oxygen atoms in total. The molecule has 0 amide bonds. The minimum atomic E-state index is 0.583. The first-order chi connectivity index (χ1) is 9.16. The van der Waals surface area contributed by atoms with E-state index in [1.165, 1.54) is 43.9 Å². The highest BCUT2D eigenvalue weighted by molar-refractivity contribution is 5.06. The number of hydrogen-bond donors (Lipinski definition) is 0. The van der Waals surface area contributed by atoms with Gasteiger partial charge in [-0.15, -0.1) is 10.2 Å². The molecule has 2 atom stereocenters. The van der Waals surface area contributed by atoms with Crippen molar-refractivity contribution in [2.75, 3.05) is 6.54 Å². The molecule has 0 saturated carbocycles. The Morgan fingerprint density at radius 3 is 2.74 bits per heavy atom. The Morgan fingerprint density at radius 2 is 1.95 bits per heavy atom. The minimum Gasteiger partial charge on any atom is -0.315 e. The van der Waals surface area contributed by atoms with E-state index in [1.54, 1.807) is 0 Å². The van der Waals surface area contributed by atoms with Crippen LogP contribution in [0.5, 0.6) is 0 Å². The van der Waals surface area contributed by atoms with Crippen LogP contribution >= 0.6 is 0 Å². The van der Waals surface area contributed by atoms with Gasteiger partial charge in [-0.3, -0.25) is 4.90 Å². The zero-order chi connectivity index (χ0) is 13.4. The van der Waals surface area contributed by atoms with Crippen LogP contribution in [-0.2, 0) is 13.0 Å². The van der Waals surface area contributed by atoms with Crippen molar-refractivity contribution in [1.82, 2.24) is 19.7 Å². The van der Waals surface area contributed by atoms with E-state index in [2.05, 4.69) is 40.4 Å². The highest BCUT2D eigenvalue weighted by atomic mass is 15.3. The summed E-state index contributed by atoms with van der Waals surface area (Å²) in [5.74, 6) is 3.02. The number of rotatable bonds is 3. The quantitative estimate of drug-likeness (QED) is 0.839. The topological polar surface area (TPSA) is 34.0 Å². The van der Waals surface area contributed by atoms with Gasteiger partial charge in [-0.2, -0.15) is 0 Å². The van der Waals surface area contributed by atoms with E-state index in [0.717, 1.165) is 13.0 Å². The fraction of sp³-hybridized carbons (Fsp3) is 0.867. The lowest BCUT2D eigenvalue weighted by Gasteiger charge is -2.28. The van der Waals surface area contributed by atoms with E-state index >= 15 is 0 Å². The molecule has 0 spiro atoms. The lowest BCUT2D eigenvalue weighted by Crippen LogP contribution is -2.37. The molecular formula is C15H26N4. The molecule has 0 N–H and O–H groups in total. The average molecular weight is 262 g/mol. The van der Waals surface area contributed by atoms with Crippen molar-refractivity contribution in [3.8, 4) is 0 Å².